The molecule has 2 aromatic carbocycles. The van der Waals surface area contributed by atoms with Crippen molar-refractivity contribution in [1.29, 1.82) is 0 Å². The Hall–Kier alpha value is -3.35. The van der Waals surface area contributed by atoms with Gasteiger partial charge in [-0.1, -0.05) is 24.3 Å². The van der Waals surface area contributed by atoms with E-state index in [1.165, 1.54) is 0 Å². The minimum atomic E-state index is -0.314. The fraction of sp³-hybridized carbons (Fsp3) is 0.167. The molecule has 25 heavy (non-hydrogen) atoms. The molecule has 3 aromatic rings. The number of ether oxygens (including phenoxy) is 2. The third kappa shape index (κ3) is 2.69. The Morgan fingerprint density at radius 3 is 2.76 bits per heavy atom. The molecule has 7 heteroatoms. The van der Waals surface area contributed by atoms with Crippen LogP contribution in [0.4, 0.5) is 0 Å². The second-order valence-electron chi connectivity index (χ2n) is 5.80. The first-order valence-corrected chi connectivity index (χ1v) is 7.75. The molecule has 1 aliphatic heterocycles. The molecular formula is C18H15N3O4. The summed E-state index contributed by atoms with van der Waals surface area (Å²) in [6.45, 7) is 0.589. The summed E-state index contributed by atoms with van der Waals surface area (Å²) >= 11 is 0. The first-order chi connectivity index (χ1) is 12.1. The van der Waals surface area contributed by atoms with E-state index in [0.717, 1.165) is 5.56 Å². The molecule has 0 saturated heterocycles. The molecule has 7 nitrogen and oxygen atoms in total. The van der Waals surface area contributed by atoms with Crippen molar-refractivity contribution in [2.75, 3.05) is 13.8 Å². The van der Waals surface area contributed by atoms with Crippen molar-refractivity contribution in [2.24, 2.45) is 0 Å². The maximum atomic E-state index is 12.8. The Labute approximate surface area is 142 Å². The van der Waals surface area contributed by atoms with Gasteiger partial charge in [-0.25, -0.2) is 5.10 Å². The first-order valence-electron chi connectivity index (χ1n) is 7.75. The molecule has 0 bridgehead atoms. The molecule has 0 radical (unpaired) electrons. The Morgan fingerprint density at radius 1 is 1.16 bits per heavy atom. The average Bonchev–Trinajstić information content (AvgIpc) is 3.09. The van der Waals surface area contributed by atoms with E-state index in [1.807, 2.05) is 18.2 Å². The van der Waals surface area contributed by atoms with Crippen molar-refractivity contribution in [3.8, 4) is 11.5 Å². The van der Waals surface area contributed by atoms with E-state index in [9.17, 15) is 9.59 Å². The van der Waals surface area contributed by atoms with E-state index in [2.05, 4.69) is 10.2 Å². The van der Waals surface area contributed by atoms with Gasteiger partial charge in [-0.15, -0.1) is 0 Å². The molecule has 2 heterocycles. The number of benzene rings is 2. The number of H-pyrrole nitrogens is 1. The molecular weight excluding hydrogens is 322 g/mol. The van der Waals surface area contributed by atoms with Gasteiger partial charge in [-0.05, 0) is 23.8 Å². The van der Waals surface area contributed by atoms with E-state index in [0.29, 0.717) is 28.8 Å². The predicted molar refractivity (Wildman–Crippen MR) is 90.7 cm³/mol. The van der Waals surface area contributed by atoms with Gasteiger partial charge in [-0.3, -0.25) is 9.59 Å². The number of nitrogens with zero attached hydrogens (tertiary/aromatic N) is 2. The zero-order chi connectivity index (χ0) is 17.4. The van der Waals surface area contributed by atoms with Gasteiger partial charge in [0.1, 0.15) is 0 Å². The van der Waals surface area contributed by atoms with Crippen LogP contribution < -0.4 is 15.0 Å². The highest BCUT2D eigenvalue weighted by Crippen LogP contribution is 2.32. The van der Waals surface area contributed by atoms with Crippen LogP contribution in [-0.4, -0.2) is 34.8 Å². The highest BCUT2D eigenvalue weighted by atomic mass is 16.7. The van der Waals surface area contributed by atoms with E-state index in [-0.39, 0.29) is 24.0 Å². The quantitative estimate of drug-likeness (QED) is 0.789. The van der Waals surface area contributed by atoms with Gasteiger partial charge in [0, 0.05) is 19.0 Å². The summed E-state index contributed by atoms with van der Waals surface area (Å²) in [6.07, 6.45) is 0. The monoisotopic (exact) mass is 337 g/mol. The van der Waals surface area contributed by atoms with Gasteiger partial charge in [0.15, 0.2) is 17.2 Å². The lowest BCUT2D eigenvalue weighted by Gasteiger charge is -2.17. The molecule has 0 unspecified atom stereocenters. The molecule has 0 spiro atoms. The molecule has 0 aliphatic carbocycles. The third-order valence-electron chi connectivity index (χ3n) is 4.10. The van der Waals surface area contributed by atoms with Crippen molar-refractivity contribution in [2.45, 2.75) is 6.54 Å². The SMILES string of the molecule is CN(Cc1ccc2c(c1)OCO2)C(=O)c1n[nH]c(=O)c2ccccc12. The second kappa shape index (κ2) is 5.94. The smallest absolute Gasteiger partial charge is 0.274 e. The lowest BCUT2D eigenvalue weighted by molar-refractivity contribution is 0.0780. The van der Waals surface area contributed by atoms with E-state index in [1.54, 1.807) is 36.2 Å². The summed E-state index contributed by atoms with van der Waals surface area (Å²) in [6, 6.07) is 12.5. The normalized spacial score (nSPS) is 12.4. The van der Waals surface area contributed by atoms with Crippen molar-refractivity contribution in [3.05, 3.63) is 64.1 Å². The van der Waals surface area contributed by atoms with Gasteiger partial charge in [-0.2, -0.15) is 5.10 Å². The standard InChI is InChI=1S/C18H15N3O4/c1-21(9-11-6-7-14-15(8-11)25-10-24-14)18(23)16-12-4-2-3-5-13(12)17(22)20-19-16/h2-8H,9-10H2,1H3,(H,20,22). The molecule has 1 N–H and O–H groups in total. The number of nitrogens with one attached hydrogen (secondary N) is 1. The van der Waals surface area contributed by atoms with Crippen LogP contribution in [0.15, 0.2) is 47.3 Å². The van der Waals surface area contributed by atoms with E-state index >= 15 is 0 Å². The van der Waals surface area contributed by atoms with Crippen LogP contribution in [-0.2, 0) is 6.54 Å². The lowest BCUT2D eigenvalue weighted by atomic mass is 10.1. The molecule has 1 aliphatic rings. The van der Waals surface area contributed by atoms with E-state index < -0.39 is 0 Å². The van der Waals surface area contributed by atoms with Crippen LogP contribution in [0.25, 0.3) is 10.8 Å². The number of rotatable bonds is 3. The van der Waals surface area contributed by atoms with Crippen LogP contribution in [0.5, 0.6) is 11.5 Å². The number of carbonyl (C=O) groups excluding carboxylic acids is 1. The third-order valence-corrected chi connectivity index (χ3v) is 4.10. The molecule has 0 saturated carbocycles. The summed E-state index contributed by atoms with van der Waals surface area (Å²) < 4.78 is 10.6. The van der Waals surface area contributed by atoms with Crippen molar-refractivity contribution in [1.82, 2.24) is 15.1 Å². The predicted octanol–water partition coefficient (Wildman–Crippen LogP) is 1.92. The van der Waals surface area contributed by atoms with Crippen LogP contribution >= 0.6 is 0 Å². The van der Waals surface area contributed by atoms with Gasteiger partial charge in [0.2, 0.25) is 6.79 Å². The summed E-state index contributed by atoms with van der Waals surface area (Å²) in [4.78, 5) is 26.2. The summed E-state index contributed by atoms with van der Waals surface area (Å²) in [5.41, 5.74) is 0.817. The van der Waals surface area contributed by atoms with Crippen molar-refractivity contribution < 1.29 is 14.3 Å². The first kappa shape index (κ1) is 15.2. The Bertz CT molecular complexity index is 1030. The zero-order valence-electron chi connectivity index (χ0n) is 13.5. The topological polar surface area (TPSA) is 84.5 Å². The van der Waals surface area contributed by atoms with E-state index in [4.69, 9.17) is 9.47 Å². The number of carbonyl (C=O) groups is 1. The number of hydrogen-bond donors (Lipinski definition) is 1. The number of aromatic nitrogens is 2. The minimum Gasteiger partial charge on any atom is -0.454 e. The molecule has 1 amide bonds. The molecule has 0 fully saturated rings. The molecule has 4 rings (SSSR count). The fourth-order valence-corrected chi connectivity index (χ4v) is 2.84. The van der Waals surface area contributed by atoms with Gasteiger partial charge in [0.25, 0.3) is 11.5 Å². The van der Waals surface area contributed by atoms with Crippen LogP contribution in [0.1, 0.15) is 16.1 Å². The highest BCUT2D eigenvalue weighted by Gasteiger charge is 2.19. The number of aromatic amines is 1. The van der Waals surface area contributed by atoms with Crippen molar-refractivity contribution >= 4 is 16.7 Å². The summed E-state index contributed by atoms with van der Waals surface area (Å²) in [7, 11) is 1.69. The highest BCUT2D eigenvalue weighted by molar-refractivity contribution is 6.04. The van der Waals surface area contributed by atoms with Gasteiger partial charge >= 0.3 is 0 Å². The van der Waals surface area contributed by atoms with Crippen LogP contribution in [0, 0.1) is 0 Å². The molecule has 0 atom stereocenters. The average molecular weight is 337 g/mol. The second-order valence-corrected chi connectivity index (χ2v) is 5.80. The van der Waals surface area contributed by atoms with Gasteiger partial charge in [0.05, 0.1) is 5.39 Å². The molecule has 126 valence electrons. The lowest BCUT2D eigenvalue weighted by Crippen LogP contribution is -2.28. The Balaban J connectivity index is 1.63. The molecule has 1 aromatic heterocycles. The van der Waals surface area contributed by atoms with Gasteiger partial charge < -0.3 is 14.4 Å². The summed E-state index contributed by atoms with van der Waals surface area (Å²) in [5.74, 6) is 1.10. The van der Waals surface area contributed by atoms with Crippen LogP contribution in [0.2, 0.25) is 0 Å². The largest absolute Gasteiger partial charge is 0.454 e. The fourth-order valence-electron chi connectivity index (χ4n) is 2.84. The Morgan fingerprint density at radius 2 is 1.92 bits per heavy atom. The van der Waals surface area contributed by atoms with Crippen LogP contribution in [0.3, 0.4) is 0 Å². The zero-order valence-corrected chi connectivity index (χ0v) is 13.5. The summed E-state index contributed by atoms with van der Waals surface area (Å²) in [5, 5.41) is 7.32. The number of hydrogen-bond acceptors (Lipinski definition) is 5. The number of amides is 1. The number of fused-ring (bicyclic) bond motifs is 2. The maximum absolute atomic E-state index is 12.8. The minimum absolute atomic E-state index is 0.209. The van der Waals surface area contributed by atoms with Crippen molar-refractivity contribution in [3.63, 3.8) is 0 Å². The maximum Gasteiger partial charge on any atom is 0.274 e. The Kier molecular flexibility index (Phi) is 3.61.